The minimum absolute atomic E-state index is 0.112. The Kier molecular flexibility index (Phi) is 6.81. The number of ether oxygens (including phenoxy) is 1. The minimum Gasteiger partial charge on any atom is -0.495 e. The molecule has 30 heavy (non-hydrogen) atoms. The Balaban J connectivity index is 1.77. The maximum absolute atomic E-state index is 14.1. The molecule has 0 saturated carbocycles. The van der Waals surface area contributed by atoms with Crippen molar-refractivity contribution in [3.63, 3.8) is 0 Å². The van der Waals surface area contributed by atoms with Gasteiger partial charge in [-0.15, -0.1) is 11.3 Å². The lowest BCUT2D eigenvalue weighted by atomic mass is 10.3. The molecule has 2 aromatic carbocycles. The normalized spacial score (nSPS) is 10.8. The minimum atomic E-state index is -0.533. The molecule has 0 unspecified atom stereocenters. The molecule has 1 aromatic heterocycles. The highest BCUT2D eigenvalue weighted by molar-refractivity contribution is 7.14. The summed E-state index contributed by atoms with van der Waals surface area (Å²) < 4.78 is 19.3. The van der Waals surface area contributed by atoms with Crippen LogP contribution in [0.3, 0.4) is 0 Å². The van der Waals surface area contributed by atoms with E-state index >= 15 is 0 Å². The van der Waals surface area contributed by atoms with E-state index in [1.807, 2.05) is 0 Å². The van der Waals surface area contributed by atoms with Crippen LogP contribution in [0.4, 0.5) is 20.9 Å². The van der Waals surface area contributed by atoms with Gasteiger partial charge in [0.15, 0.2) is 5.13 Å². The van der Waals surface area contributed by atoms with Gasteiger partial charge in [0.05, 0.1) is 24.2 Å². The summed E-state index contributed by atoms with van der Waals surface area (Å²) in [6.07, 6.45) is 2.78. The molecule has 0 saturated heterocycles. The third-order valence-electron chi connectivity index (χ3n) is 3.93. The number of nitrogens with one attached hydrogen (secondary N) is 1. The van der Waals surface area contributed by atoms with Gasteiger partial charge in [0.25, 0.3) is 0 Å². The summed E-state index contributed by atoms with van der Waals surface area (Å²) in [7, 11) is 1.49. The van der Waals surface area contributed by atoms with Crippen LogP contribution in [0.1, 0.15) is 12.6 Å². The summed E-state index contributed by atoms with van der Waals surface area (Å²) in [4.78, 5) is 29.8. The third-order valence-corrected chi connectivity index (χ3v) is 5.01. The molecule has 3 rings (SSSR count). The predicted octanol–water partition coefficient (Wildman–Crippen LogP) is 5.28. The number of hydrogen-bond donors (Lipinski definition) is 1. The standard InChI is InChI=1S/C21H17ClFN3O3S/c1-13(27)26(18-6-4-3-5-16(18)23)21-24-15(12-30-21)8-10-20(28)25-17-11-14(22)7-9-19(17)29-2/h3-12H,1-2H3,(H,25,28)/b10-8+. The number of nitrogens with zero attached hydrogens (tertiary/aromatic N) is 2. The molecule has 1 heterocycles. The first-order valence-electron chi connectivity index (χ1n) is 8.72. The van der Waals surface area contributed by atoms with Crippen molar-refractivity contribution >= 4 is 57.3 Å². The van der Waals surface area contributed by atoms with Crippen molar-refractivity contribution in [2.45, 2.75) is 6.92 Å². The zero-order valence-electron chi connectivity index (χ0n) is 16.1. The summed E-state index contributed by atoms with van der Waals surface area (Å²) in [5.41, 5.74) is 0.993. The van der Waals surface area contributed by atoms with Crippen LogP contribution in [0.5, 0.6) is 5.75 Å². The van der Waals surface area contributed by atoms with Crippen LogP contribution in [0.15, 0.2) is 53.9 Å². The predicted molar refractivity (Wildman–Crippen MR) is 117 cm³/mol. The molecule has 0 bridgehead atoms. The summed E-state index contributed by atoms with van der Waals surface area (Å²) in [5.74, 6) is -0.854. The molecular weight excluding hydrogens is 429 g/mol. The van der Waals surface area contributed by atoms with Gasteiger partial charge in [-0.25, -0.2) is 9.37 Å². The summed E-state index contributed by atoms with van der Waals surface area (Å²) in [6.45, 7) is 1.33. The summed E-state index contributed by atoms with van der Waals surface area (Å²) >= 11 is 7.12. The molecule has 154 valence electrons. The van der Waals surface area contributed by atoms with Crippen molar-refractivity contribution in [2.24, 2.45) is 0 Å². The molecule has 1 N–H and O–H groups in total. The SMILES string of the molecule is COc1ccc(Cl)cc1NC(=O)/C=C/c1csc(N(C(C)=O)c2ccccc2F)n1. The Morgan fingerprint density at radius 2 is 2.03 bits per heavy atom. The zero-order valence-corrected chi connectivity index (χ0v) is 17.6. The van der Waals surface area contributed by atoms with Gasteiger partial charge in [-0.2, -0.15) is 0 Å². The highest BCUT2D eigenvalue weighted by Gasteiger charge is 2.20. The molecule has 3 aromatic rings. The quantitative estimate of drug-likeness (QED) is 0.524. The second-order valence-corrected chi connectivity index (χ2v) is 7.30. The van der Waals surface area contributed by atoms with Crippen LogP contribution in [0.25, 0.3) is 6.08 Å². The number of anilines is 3. The Morgan fingerprint density at radius 3 is 2.73 bits per heavy atom. The van der Waals surface area contributed by atoms with Crippen LogP contribution in [0.2, 0.25) is 5.02 Å². The van der Waals surface area contributed by atoms with Gasteiger partial charge in [-0.3, -0.25) is 14.5 Å². The van der Waals surface area contributed by atoms with Crippen molar-refractivity contribution < 1.29 is 18.7 Å². The molecule has 0 atom stereocenters. The number of para-hydroxylation sites is 1. The number of benzene rings is 2. The van der Waals surface area contributed by atoms with E-state index in [-0.39, 0.29) is 11.6 Å². The molecular formula is C21H17ClFN3O3S. The Hall–Kier alpha value is -3.23. The number of aromatic nitrogens is 1. The second kappa shape index (κ2) is 9.51. The van der Waals surface area contributed by atoms with E-state index in [0.717, 1.165) is 11.3 Å². The number of amides is 2. The number of thiazole rings is 1. The van der Waals surface area contributed by atoms with Crippen LogP contribution in [0, 0.1) is 5.82 Å². The van der Waals surface area contributed by atoms with Gasteiger partial charge in [-0.05, 0) is 36.4 Å². The number of hydrogen-bond acceptors (Lipinski definition) is 5. The van der Waals surface area contributed by atoms with Crippen LogP contribution in [-0.4, -0.2) is 23.9 Å². The fourth-order valence-corrected chi connectivity index (χ4v) is 3.63. The smallest absolute Gasteiger partial charge is 0.248 e. The number of methoxy groups -OCH3 is 1. The Bertz CT molecular complexity index is 1120. The van der Waals surface area contributed by atoms with Crippen molar-refractivity contribution in [2.75, 3.05) is 17.3 Å². The summed E-state index contributed by atoms with van der Waals surface area (Å²) in [5, 5.41) is 5.09. The fraction of sp³-hybridized carbons (Fsp3) is 0.0952. The van der Waals surface area contributed by atoms with E-state index in [1.54, 1.807) is 35.7 Å². The van der Waals surface area contributed by atoms with Gasteiger partial charge in [0.2, 0.25) is 11.8 Å². The maximum Gasteiger partial charge on any atom is 0.248 e. The Labute approximate surface area is 181 Å². The third kappa shape index (κ3) is 5.03. The van der Waals surface area contributed by atoms with Gasteiger partial charge < -0.3 is 10.1 Å². The molecule has 0 aliphatic heterocycles. The number of halogens is 2. The van der Waals surface area contributed by atoms with Gasteiger partial charge in [0, 0.05) is 23.4 Å². The van der Waals surface area contributed by atoms with E-state index in [9.17, 15) is 14.0 Å². The molecule has 9 heteroatoms. The fourth-order valence-electron chi connectivity index (χ4n) is 2.61. The van der Waals surface area contributed by atoms with E-state index < -0.39 is 11.7 Å². The first-order valence-corrected chi connectivity index (χ1v) is 9.98. The largest absolute Gasteiger partial charge is 0.495 e. The van der Waals surface area contributed by atoms with Crippen LogP contribution >= 0.6 is 22.9 Å². The molecule has 0 aliphatic rings. The number of carbonyl (C=O) groups excluding carboxylic acids is 2. The van der Waals surface area contributed by atoms with Crippen molar-refractivity contribution in [1.29, 1.82) is 0 Å². The van der Waals surface area contributed by atoms with Gasteiger partial charge >= 0.3 is 0 Å². The second-order valence-electron chi connectivity index (χ2n) is 6.03. The molecule has 0 spiro atoms. The lowest BCUT2D eigenvalue weighted by Crippen LogP contribution is -2.23. The van der Waals surface area contributed by atoms with Gasteiger partial charge in [0.1, 0.15) is 11.6 Å². The van der Waals surface area contributed by atoms with E-state index in [1.165, 1.54) is 43.2 Å². The lowest BCUT2D eigenvalue weighted by Gasteiger charge is -2.18. The van der Waals surface area contributed by atoms with E-state index in [4.69, 9.17) is 16.3 Å². The first kappa shape index (κ1) is 21.5. The van der Waals surface area contributed by atoms with E-state index in [2.05, 4.69) is 10.3 Å². The Morgan fingerprint density at radius 1 is 1.27 bits per heavy atom. The highest BCUT2D eigenvalue weighted by Crippen LogP contribution is 2.31. The van der Waals surface area contributed by atoms with Crippen molar-refractivity contribution in [3.05, 3.63) is 70.5 Å². The van der Waals surface area contributed by atoms with E-state index in [0.29, 0.717) is 27.3 Å². The average molecular weight is 446 g/mol. The average Bonchev–Trinajstić information content (AvgIpc) is 3.16. The number of carbonyl (C=O) groups is 2. The number of rotatable bonds is 6. The van der Waals surface area contributed by atoms with Crippen molar-refractivity contribution in [3.8, 4) is 5.75 Å². The van der Waals surface area contributed by atoms with Gasteiger partial charge in [-0.1, -0.05) is 23.7 Å². The van der Waals surface area contributed by atoms with Crippen molar-refractivity contribution in [1.82, 2.24) is 4.98 Å². The first-order chi connectivity index (χ1) is 14.4. The molecule has 6 nitrogen and oxygen atoms in total. The zero-order chi connectivity index (χ0) is 21.7. The molecule has 0 aliphatic carbocycles. The summed E-state index contributed by atoms with van der Waals surface area (Å²) in [6, 6.07) is 10.8. The highest BCUT2D eigenvalue weighted by atomic mass is 35.5. The van der Waals surface area contributed by atoms with Crippen LogP contribution < -0.4 is 15.0 Å². The maximum atomic E-state index is 14.1. The molecule has 2 amide bonds. The monoisotopic (exact) mass is 445 g/mol. The van der Waals surface area contributed by atoms with Crippen LogP contribution in [-0.2, 0) is 9.59 Å². The topological polar surface area (TPSA) is 71.5 Å². The molecule has 0 radical (unpaired) electrons. The lowest BCUT2D eigenvalue weighted by molar-refractivity contribution is -0.116. The molecule has 0 fully saturated rings.